The van der Waals surface area contributed by atoms with Crippen LogP contribution in [0.3, 0.4) is 0 Å². The number of hydrogen-bond acceptors (Lipinski definition) is 1. The van der Waals surface area contributed by atoms with E-state index in [1.54, 1.807) is 0 Å². The SMILES string of the molecule is [C-]#[N+]c1cccc(-c2ccc(C#N)cc2-n2c3ccccc3c3ccccc32)c1-c1c2ccccc2c(-c2ccccc2)c2ccccc12. The average molecular weight is 622 g/mol. The van der Waals surface area contributed by atoms with Crippen LogP contribution < -0.4 is 0 Å². The van der Waals surface area contributed by atoms with E-state index in [4.69, 9.17) is 6.57 Å². The maximum atomic E-state index is 10.1. The second-order valence-corrected chi connectivity index (χ2v) is 12.2. The molecule has 0 aliphatic heterocycles. The Morgan fingerprint density at radius 2 is 1.00 bits per heavy atom. The number of nitriles is 1. The Hall–Kier alpha value is -6.94. The van der Waals surface area contributed by atoms with Crippen molar-refractivity contribution < 1.29 is 0 Å². The summed E-state index contributed by atoms with van der Waals surface area (Å²) >= 11 is 0. The number of benzene rings is 8. The van der Waals surface area contributed by atoms with Crippen LogP contribution in [0.1, 0.15) is 5.56 Å². The summed E-state index contributed by atoms with van der Waals surface area (Å²) in [6, 6.07) is 58.8. The van der Waals surface area contributed by atoms with Crippen molar-refractivity contribution in [2.24, 2.45) is 0 Å². The zero-order chi connectivity index (χ0) is 32.9. The van der Waals surface area contributed by atoms with Gasteiger partial charge in [0.05, 0.1) is 34.9 Å². The highest BCUT2D eigenvalue weighted by molar-refractivity contribution is 6.24. The first-order chi connectivity index (χ1) is 24.3. The predicted octanol–water partition coefficient (Wildman–Crippen LogP) is 12.5. The van der Waals surface area contributed by atoms with Crippen molar-refractivity contribution in [3.8, 4) is 45.1 Å². The lowest BCUT2D eigenvalue weighted by molar-refractivity contribution is 1.18. The molecular formula is C46H27N3. The molecule has 0 spiro atoms. The summed E-state index contributed by atoms with van der Waals surface area (Å²) in [4.78, 5) is 4.14. The van der Waals surface area contributed by atoms with Crippen molar-refractivity contribution in [2.45, 2.75) is 0 Å². The van der Waals surface area contributed by atoms with Crippen molar-refractivity contribution in [3.05, 3.63) is 181 Å². The first-order valence-electron chi connectivity index (χ1n) is 16.3. The van der Waals surface area contributed by atoms with Crippen molar-refractivity contribution in [2.75, 3.05) is 0 Å². The molecule has 3 nitrogen and oxygen atoms in total. The van der Waals surface area contributed by atoms with Crippen molar-refractivity contribution in [1.29, 1.82) is 5.26 Å². The molecular weight excluding hydrogens is 595 g/mol. The fourth-order valence-corrected chi connectivity index (χ4v) is 7.63. The lowest BCUT2D eigenvalue weighted by Gasteiger charge is -2.22. The Morgan fingerprint density at radius 3 is 1.57 bits per heavy atom. The maximum absolute atomic E-state index is 10.1. The van der Waals surface area contributed by atoms with Gasteiger partial charge in [-0.3, -0.25) is 0 Å². The van der Waals surface area contributed by atoms with Gasteiger partial charge in [0.1, 0.15) is 0 Å². The molecule has 0 bridgehead atoms. The number of nitrogens with zero attached hydrogens (tertiary/aromatic N) is 3. The standard InChI is InChI=1S/C46H27N3/c1-48-40-23-13-22-35(34-27-26-30(29-47)28-43(34)49-41-24-11-9-16-32(41)33-17-10-12-25-42(33)49)46(40)45-38-20-7-5-18-36(38)44(31-14-3-2-4-15-31)37-19-6-8-21-39(37)45/h2-28H. The monoisotopic (exact) mass is 621 g/mol. The molecule has 0 aliphatic rings. The molecule has 0 saturated carbocycles. The molecule has 49 heavy (non-hydrogen) atoms. The quantitative estimate of drug-likeness (QED) is 0.142. The summed E-state index contributed by atoms with van der Waals surface area (Å²) in [6.07, 6.45) is 0. The van der Waals surface area contributed by atoms with Crippen LogP contribution in [0.25, 0.3) is 87.3 Å². The van der Waals surface area contributed by atoms with Crippen LogP contribution in [0.4, 0.5) is 5.69 Å². The Balaban J connectivity index is 1.44. The van der Waals surface area contributed by atoms with Gasteiger partial charge in [-0.2, -0.15) is 5.26 Å². The van der Waals surface area contributed by atoms with Crippen LogP contribution in [-0.4, -0.2) is 4.57 Å². The lowest BCUT2D eigenvalue weighted by atomic mass is 9.83. The van der Waals surface area contributed by atoms with Crippen LogP contribution in [-0.2, 0) is 0 Å². The van der Waals surface area contributed by atoms with Crippen LogP contribution in [0, 0.1) is 17.9 Å². The van der Waals surface area contributed by atoms with Crippen LogP contribution in [0.15, 0.2) is 164 Å². The van der Waals surface area contributed by atoms with Gasteiger partial charge < -0.3 is 4.57 Å². The van der Waals surface area contributed by atoms with Gasteiger partial charge in [-0.25, -0.2) is 4.85 Å². The molecule has 8 aromatic carbocycles. The Labute approximate surface area is 284 Å². The molecule has 0 amide bonds. The molecule has 0 aliphatic carbocycles. The number of aromatic nitrogens is 1. The smallest absolute Gasteiger partial charge is 0.195 e. The van der Waals surface area contributed by atoms with E-state index in [-0.39, 0.29) is 0 Å². The largest absolute Gasteiger partial charge is 0.309 e. The van der Waals surface area contributed by atoms with Crippen molar-refractivity contribution in [1.82, 2.24) is 4.57 Å². The number of fused-ring (bicyclic) bond motifs is 5. The first kappa shape index (κ1) is 28.3. The lowest BCUT2D eigenvalue weighted by Crippen LogP contribution is -2.00. The molecule has 9 rings (SSSR count). The fourth-order valence-electron chi connectivity index (χ4n) is 7.63. The summed E-state index contributed by atoms with van der Waals surface area (Å²) in [5.41, 5.74) is 10.3. The minimum Gasteiger partial charge on any atom is -0.309 e. The van der Waals surface area contributed by atoms with Crippen LogP contribution in [0.2, 0.25) is 0 Å². The highest BCUT2D eigenvalue weighted by Crippen LogP contribution is 2.50. The molecule has 0 fully saturated rings. The van der Waals surface area contributed by atoms with E-state index in [0.717, 1.165) is 76.9 Å². The summed E-state index contributed by atoms with van der Waals surface area (Å²) < 4.78 is 2.27. The van der Waals surface area contributed by atoms with Gasteiger partial charge in [0.15, 0.2) is 5.69 Å². The third-order valence-electron chi connectivity index (χ3n) is 9.64. The third-order valence-corrected chi connectivity index (χ3v) is 9.64. The normalized spacial score (nSPS) is 11.2. The Kier molecular flexibility index (Phi) is 6.58. The fraction of sp³-hybridized carbons (Fsp3) is 0. The molecule has 9 aromatic rings. The number of rotatable bonds is 4. The Morgan fingerprint density at radius 1 is 0.469 bits per heavy atom. The summed E-state index contributed by atoms with van der Waals surface area (Å²) in [5, 5.41) is 16.9. The highest BCUT2D eigenvalue weighted by atomic mass is 15.0. The minimum atomic E-state index is 0.576. The van der Waals surface area contributed by atoms with Gasteiger partial charge >= 0.3 is 0 Å². The molecule has 0 unspecified atom stereocenters. The van der Waals surface area contributed by atoms with E-state index in [1.165, 1.54) is 5.56 Å². The van der Waals surface area contributed by atoms with Crippen LogP contribution in [0.5, 0.6) is 0 Å². The minimum absolute atomic E-state index is 0.576. The molecule has 0 N–H and O–H groups in total. The van der Waals surface area contributed by atoms with Crippen molar-refractivity contribution >= 4 is 49.0 Å². The van der Waals surface area contributed by atoms with E-state index in [0.29, 0.717) is 11.3 Å². The van der Waals surface area contributed by atoms with Gasteiger partial charge in [0, 0.05) is 16.3 Å². The average Bonchev–Trinajstić information content (AvgIpc) is 3.51. The van der Waals surface area contributed by atoms with E-state index in [2.05, 4.69) is 143 Å². The second kappa shape index (κ2) is 11.4. The number of para-hydroxylation sites is 2. The second-order valence-electron chi connectivity index (χ2n) is 12.2. The molecule has 0 atom stereocenters. The van der Waals surface area contributed by atoms with E-state index < -0.39 is 0 Å². The van der Waals surface area contributed by atoms with Gasteiger partial charge in [0.2, 0.25) is 0 Å². The van der Waals surface area contributed by atoms with Gasteiger partial charge in [0.25, 0.3) is 0 Å². The predicted molar refractivity (Wildman–Crippen MR) is 203 cm³/mol. The molecule has 0 radical (unpaired) electrons. The van der Waals surface area contributed by atoms with E-state index >= 15 is 0 Å². The molecule has 0 saturated heterocycles. The van der Waals surface area contributed by atoms with E-state index in [1.807, 2.05) is 36.4 Å². The molecule has 1 heterocycles. The summed E-state index contributed by atoms with van der Waals surface area (Å²) in [7, 11) is 0. The van der Waals surface area contributed by atoms with Crippen LogP contribution >= 0.6 is 0 Å². The zero-order valence-corrected chi connectivity index (χ0v) is 26.4. The third kappa shape index (κ3) is 4.35. The number of hydrogen-bond donors (Lipinski definition) is 0. The van der Waals surface area contributed by atoms with Gasteiger partial charge in [-0.05, 0) is 73.6 Å². The van der Waals surface area contributed by atoms with Gasteiger partial charge in [-0.1, -0.05) is 140 Å². The van der Waals surface area contributed by atoms with E-state index in [9.17, 15) is 5.26 Å². The van der Waals surface area contributed by atoms with Gasteiger partial charge in [-0.15, -0.1) is 0 Å². The summed E-state index contributed by atoms with van der Waals surface area (Å²) in [5.74, 6) is 0. The molecule has 3 heteroatoms. The highest BCUT2D eigenvalue weighted by Gasteiger charge is 2.23. The molecule has 226 valence electrons. The topological polar surface area (TPSA) is 33.1 Å². The first-order valence-corrected chi connectivity index (χ1v) is 16.3. The van der Waals surface area contributed by atoms with Crippen molar-refractivity contribution in [3.63, 3.8) is 0 Å². The maximum Gasteiger partial charge on any atom is 0.195 e. The Bertz CT molecular complexity index is 2740. The zero-order valence-electron chi connectivity index (χ0n) is 26.4. The summed E-state index contributed by atoms with van der Waals surface area (Å²) in [6.45, 7) is 8.44. The molecule has 1 aromatic heterocycles.